The van der Waals surface area contributed by atoms with Crippen LogP contribution in [0.1, 0.15) is 26.0 Å². The molecular weight excluding hydrogens is 402 g/mol. The van der Waals surface area contributed by atoms with Crippen LogP contribution in [0, 0.1) is 0 Å². The van der Waals surface area contributed by atoms with Crippen molar-refractivity contribution >= 4 is 23.5 Å². The number of aromatic nitrogens is 4. The predicted molar refractivity (Wildman–Crippen MR) is 86.3 cm³/mol. The zero-order chi connectivity index (χ0) is 28.1. The number of nitrogens with one attached hydrogen (secondary N) is 2. The van der Waals surface area contributed by atoms with Gasteiger partial charge in [-0.05, 0) is 25.8 Å². The van der Waals surface area contributed by atoms with Crippen LogP contribution in [-0.2, 0) is 0 Å². The summed E-state index contributed by atoms with van der Waals surface area (Å²) < 4.78 is 146. The van der Waals surface area contributed by atoms with Gasteiger partial charge in [-0.2, -0.15) is 41.3 Å². The van der Waals surface area contributed by atoms with Gasteiger partial charge in [-0.15, -0.1) is 0 Å². The summed E-state index contributed by atoms with van der Waals surface area (Å²) in [5, 5.41) is 1.98. The summed E-state index contributed by atoms with van der Waals surface area (Å²) in [5.41, 5.74) is -0.649. The first kappa shape index (κ1) is 11.5. The molecule has 2 aromatic heterocycles. The molecule has 0 amide bonds. The van der Waals surface area contributed by atoms with Gasteiger partial charge in [0.2, 0.25) is 11.9 Å². The summed E-state index contributed by atoms with van der Waals surface area (Å²) in [7, 11) is 0. The minimum absolute atomic E-state index is 0.328. The summed E-state index contributed by atoms with van der Waals surface area (Å²) in [5.74, 6) is -3.91. The Morgan fingerprint density at radius 2 is 1.52 bits per heavy atom. The maximum atomic E-state index is 13.5. The van der Waals surface area contributed by atoms with Crippen LogP contribution < -0.4 is 10.6 Å². The van der Waals surface area contributed by atoms with E-state index in [1.54, 1.807) is 0 Å². The number of nitrogens with zero attached hydrogens (tertiary/aromatic N) is 4. The molecule has 2 unspecified atom stereocenters. The topological polar surface area (TPSA) is 75.6 Å². The van der Waals surface area contributed by atoms with Crippen molar-refractivity contribution in [2.75, 3.05) is 10.6 Å². The summed E-state index contributed by atoms with van der Waals surface area (Å²) in [6, 6.07) is -7.49. The van der Waals surface area contributed by atoms with Crippen LogP contribution in [0.3, 0.4) is 0 Å². The van der Waals surface area contributed by atoms with Gasteiger partial charge in [0.05, 0.1) is 4.11 Å². The van der Waals surface area contributed by atoms with E-state index in [2.05, 4.69) is 19.9 Å². The highest BCUT2D eigenvalue weighted by Gasteiger charge is 2.38. The van der Waals surface area contributed by atoms with E-state index in [-0.39, 0.29) is 5.15 Å². The van der Waals surface area contributed by atoms with Gasteiger partial charge in [0.25, 0.3) is 0 Å². The molecule has 0 aromatic carbocycles. The molecule has 2 rings (SSSR count). The first-order chi connectivity index (χ1) is 15.9. The van der Waals surface area contributed by atoms with E-state index in [0.717, 1.165) is 22.8 Å². The molecule has 6 nitrogen and oxygen atoms in total. The summed E-state index contributed by atoms with van der Waals surface area (Å²) in [6.07, 6.45) is -11.6. The molecule has 0 saturated heterocycles. The molecule has 2 atom stereocenters. The lowest BCUT2D eigenvalue weighted by molar-refractivity contribution is -0.139. The SMILES string of the molecule is [2H]c1ccc(Cl)nc1-c1nc(NC([2H])(C([2H])([2H])[2H])C(F)(F)F)nc(NC([2H])(C([2H])([2H])[2H])C(F)(F)F)n1. The summed E-state index contributed by atoms with van der Waals surface area (Å²) in [4.78, 5) is 13.6. The first-order valence-electron chi connectivity index (χ1n) is 11.0. The van der Waals surface area contributed by atoms with Gasteiger partial charge in [0.1, 0.15) is 22.9 Å². The molecule has 0 aliphatic rings. The fraction of sp³-hybridized carbons (Fsp3) is 0.429. The molecule has 0 radical (unpaired) electrons. The molecule has 0 aliphatic carbocycles. The maximum absolute atomic E-state index is 13.5. The molecular formula is C14H13ClF6N6. The van der Waals surface area contributed by atoms with E-state index >= 15 is 0 Å². The average molecular weight is 424 g/mol. The Kier molecular flexibility index (Phi) is 3.27. The number of rotatable bonds is 5. The lowest BCUT2D eigenvalue weighted by Gasteiger charge is -2.20. The van der Waals surface area contributed by atoms with E-state index < -0.39 is 67.5 Å². The minimum Gasteiger partial charge on any atom is -0.343 e. The third-order valence-electron chi connectivity index (χ3n) is 2.55. The molecule has 0 saturated carbocycles. The van der Waals surface area contributed by atoms with Crippen molar-refractivity contribution in [1.29, 1.82) is 0 Å². The van der Waals surface area contributed by atoms with Crippen LogP contribution in [-0.4, -0.2) is 44.3 Å². The molecule has 13 heteroatoms. The molecule has 0 aliphatic heterocycles. The summed E-state index contributed by atoms with van der Waals surface area (Å²) >= 11 is 5.70. The van der Waals surface area contributed by atoms with Crippen molar-refractivity contribution in [2.45, 2.75) is 38.1 Å². The molecule has 0 bridgehead atoms. The van der Waals surface area contributed by atoms with Gasteiger partial charge >= 0.3 is 12.4 Å². The second-order valence-corrected chi connectivity index (χ2v) is 4.95. The minimum atomic E-state index is -5.82. The van der Waals surface area contributed by atoms with E-state index in [9.17, 15) is 26.3 Å². The Labute approximate surface area is 167 Å². The van der Waals surface area contributed by atoms with Gasteiger partial charge in [-0.25, -0.2) is 4.98 Å². The quantitative estimate of drug-likeness (QED) is 0.551. The number of pyridine rings is 1. The molecule has 0 spiro atoms. The Morgan fingerprint density at radius 1 is 1.00 bits per heavy atom. The lowest BCUT2D eigenvalue weighted by atomic mass is 10.3. The normalized spacial score (nSPS) is 22.7. The number of hydrogen-bond acceptors (Lipinski definition) is 6. The van der Waals surface area contributed by atoms with Crippen molar-refractivity contribution < 1.29 is 38.7 Å². The Bertz CT molecular complexity index is 1040. The predicted octanol–water partition coefficient (Wildman–Crippen LogP) is 4.31. The van der Waals surface area contributed by atoms with Gasteiger partial charge in [0.15, 0.2) is 5.82 Å². The smallest absolute Gasteiger partial charge is 0.343 e. The third-order valence-corrected chi connectivity index (χ3v) is 2.76. The van der Waals surface area contributed by atoms with Crippen LogP contribution in [0.2, 0.25) is 5.15 Å². The zero-order valence-electron chi connectivity index (χ0n) is 21.6. The summed E-state index contributed by atoms with van der Waals surface area (Å²) in [6.45, 7) is -8.27. The highest BCUT2D eigenvalue weighted by Crippen LogP contribution is 2.26. The van der Waals surface area contributed by atoms with E-state index in [1.165, 1.54) is 0 Å². The maximum Gasteiger partial charge on any atom is 0.408 e. The van der Waals surface area contributed by atoms with E-state index in [0.29, 0.717) is 0 Å². The lowest BCUT2D eigenvalue weighted by Crippen LogP contribution is -2.35. The van der Waals surface area contributed by atoms with E-state index in [4.69, 9.17) is 23.9 Å². The van der Waals surface area contributed by atoms with Gasteiger partial charge < -0.3 is 10.6 Å². The Hall–Kier alpha value is -2.37. The molecule has 0 fully saturated rings. The largest absolute Gasteiger partial charge is 0.408 e. The second kappa shape index (κ2) is 7.71. The molecule has 2 aromatic rings. The number of halogens is 7. The number of alkyl halides is 6. The van der Waals surface area contributed by atoms with Crippen molar-refractivity contribution in [3.63, 3.8) is 0 Å². The fourth-order valence-corrected chi connectivity index (χ4v) is 1.59. The van der Waals surface area contributed by atoms with Crippen molar-refractivity contribution in [2.24, 2.45) is 0 Å². The van der Waals surface area contributed by atoms with Crippen LogP contribution in [0.25, 0.3) is 11.5 Å². The standard InChI is InChI=1S/C14H13ClF6N6/c1-6(13(16,17)18)22-11-25-10(8-4-3-5-9(15)24-8)26-12(27-11)23-7(2)14(19,20)21/h3-7H,1-2H3,(H2,22,23,25,26,27)/i1D3,2D3,4D,6D,7D. The molecule has 148 valence electrons. The van der Waals surface area contributed by atoms with E-state index in [1.807, 2.05) is 0 Å². The van der Waals surface area contributed by atoms with Gasteiger partial charge in [-0.1, -0.05) is 17.7 Å². The second-order valence-electron chi connectivity index (χ2n) is 4.56. The van der Waals surface area contributed by atoms with Crippen LogP contribution in [0.15, 0.2) is 18.2 Å². The van der Waals surface area contributed by atoms with Crippen molar-refractivity contribution in [1.82, 2.24) is 19.9 Å². The van der Waals surface area contributed by atoms with Crippen LogP contribution in [0.4, 0.5) is 38.2 Å². The highest BCUT2D eigenvalue weighted by molar-refractivity contribution is 6.29. The van der Waals surface area contributed by atoms with Gasteiger partial charge in [-0.3, -0.25) is 0 Å². The number of hydrogen-bond donors (Lipinski definition) is 2. The van der Waals surface area contributed by atoms with Crippen LogP contribution in [0.5, 0.6) is 0 Å². The van der Waals surface area contributed by atoms with Crippen molar-refractivity contribution in [3.05, 3.63) is 23.3 Å². The highest BCUT2D eigenvalue weighted by atomic mass is 35.5. The van der Waals surface area contributed by atoms with Gasteiger partial charge in [0, 0.05) is 8.22 Å². The zero-order valence-corrected chi connectivity index (χ0v) is 13.3. The van der Waals surface area contributed by atoms with Crippen LogP contribution >= 0.6 is 11.6 Å². The number of anilines is 2. The monoisotopic (exact) mass is 423 g/mol. The Balaban J connectivity index is 2.81. The molecule has 2 N–H and O–H groups in total. The first-order valence-corrected chi connectivity index (χ1v) is 6.90. The van der Waals surface area contributed by atoms with Crippen molar-refractivity contribution in [3.8, 4) is 11.5 Å². The molecule has 2 heterocycles. The molecule has 27 heavy (non-hydrogen) atoms. The fourth-order valence-electron chi connectivity index (χ4n) is 1.44. The third kappa shape index (κ3) is 5.81. The average Bonchev–Trinajstić information content (AvgIpc) is 2.66. The Morgan fingerprint density at radius 3 is 1.96 bits per heavy atom.